The number of Topliss-reactive ketones (excluding diaryl/α,β-unsaturated/α-hetero) is 1. The van der Waals surface area contributed by atoms with Crippen LogP contribution in [0.25, 0.3) is 0 Å². The lowest BCUT2D eigenvalue weighted by molar-refractivity contribution is -0.127. The van der Waals surface area contributed by atoms with Crippen LogP contribution in [0.4, 0.5) is 0 Å². The van der Waals surface area contributed by atoms with Crippen molar-refractivity contribution >= 4 is 5.78 Å². The van der Waals surface area contributed by atoms with Crippen LogP contribution in [0.2, 0.25) is 0 Å². The van der Waals surface area contributed by atoms with Crippen molar-refractivity contribution in [2.24, 2.45) is 17.3 Å². The maximum atomic E-state index is 11.4. The van der Waals surface area contributed by atoms with E-state index in [9.17, 15) is 4.79 Å². The lowest BCUT2D eigenvalue weighted by Gasteiger charge is -2.49. The molecule has 1 heteroatoms. The van der Waals surface area contributed by atoms with Crippen LogP contribution in [0.15, 0.2) is 0 Å². The summed E-state index contributed by atoms with van der Waals surface area (Å²) in [6, 6.07) is 0. The second-order valence-corrected chi connectivity index (χ2v) is 5.28. The molecule has 2 rings (SSSR count). The standard InChI is InChI=1S/C12H20O/c1-9-4-3-5-10-8-11(13)6-7-12(9,10)2/h9-10H,3-8H2,1-2H3/t9-,10+,12+/m0/s1. The van der Waals surface area contributed by atoms with E-state index in [2.05, 4.69) is 13.8 Å². The Labute approximate surface area is 80.9 Å². The number of fused-ring (bicyclic) bond motifs is 1. The molecule has 2 fully saturated rings. The lowest BCUT2D eigenvalue weighted by Crippen LogP contribution is -2.42. The molecule has 0 aromatic rings. The van der Waals surface area contributed by atoms with E-state index >= 15 is 0 Å². The monoisotopic (exact) mass is 180 g/mol. The Balaban J connectivity index is 2.17. The average molecular weight is 180 g/mol. The van der Waals surface area contributed by atoms with Gasteiger partial charge in [-0.1, -0.05) is 26.7 Å². The molecule has 0 unspecified atom stereocenters. The van der Waals surface area contributed by atoms with Crippen LogP contribution in [0, 0.1) is 17.3 Å². The van der Waals surface area contributed by atoms with E-state index in [0.29, 0.717) is 17.1 Å². The summed E-state index contributed by atoms with van der Waals surface area (Å²) in [5.74, 6) is 2.05. The molecule has 0 aliphatic heterocycles. The molecule has 1 nitrogen and oxygen atoms in total. The van der Waals surface area contributed by atoms with Crippen LogP contribution in [0.5, 0.6) is 0 Å². The molecule has 0 aromatic carbocycles. The van der Waals surface area contributed by atoms with Gasteiger partial charge in [0.2, 0.25) is 0 Å². The number of hydrogen-bond acceptors (Lipinski definition) is 1. The van der Waals surface area contributed by atoms with Gasteiger partial charge in [-0.3, -0.25) is 4.79 Å². The molecule has 74 valence electrons. The summed E-state index contributed by atoms with van der Waals surface area (Å²) in [7, 11) is 0. The van der Waals surface area contributed by atoms with E-state index in [1.54, 1.807) is 0 Å². The smallest absolute Gasteiger partial charge is 0.133 e. The Hall–Kier alpha value is -0.330. The van der Waals surface area contributed by atoms with Gasteiger partial charge in [0.1, 0.15) is 5.78 Å². The topological polar surface area (TPSA) is 17.1 Å². The van der Waals surface area contributed by atoms with E-state index in [0.717, 1.165) is 25.2 Å². The normalized spacial score (nSPS) is 45.8. The van der Waals surface area contributed by atoms with Gasteiger partial charge >= 0.3 is 0 Å². The highest BCUT2D eigenvalue weighted by Gasteiger charge is 2.44. The first-order valence-electron chi connectivity index (χ1n) is 5.64. The number of ketones is 1. The Bertz CT molecular complexity index is 221. The van der Waals surface area contributed by atoms with E-state index < -0.39 is 0 Å². The predicted octanol–water partition coefficient (Wildman–Crippen LogP) is 3.18. The van der Waals surface area contributed by atoms with Crippen molar-refractivity contribution in [2.75, 3.05) is 0 Å². The van der Waals surface area contributed by atoms with E-state index in [1.165, 1.54) is 19.3 Å². The van der Waals surface area contributed by atoms with Crippen molar-refractivity contribution in [3.05, 3.63) is 0 Å². The SMILES string of the molecule is C[C@H]1CCC[C@@H]2CC(=O)CC[C@@]21C. The molecule has 2 saturated carbocycles. The number of carbonyl (C=O) groups excluding carboxylic acids is 1. The van der Waals surface area contributed by atoms with Gasteiger partial charge in [0.15, 0.2) is 0 Å². The zero-order chi connectivity index (χ0) is 9.47. The fourth-order valence-electron chi connectivity index (χ4n) is 3.30. The summed E-state index contributed by atoms with van der Waals surface area (Å²) >= 11 is 0. The molecule has 2 aliphatic rings. The van der Waals surface area contributed by atoms with E-state index in [4.69, 9.17) is 0 Å². The molecule has 0 N–H and O–H groups in total. The molecular formula is C12H20O. The molecule has 0 bridgehead atoms. The molecule has 2 aliphatic carbocycles. The summed E-state index contributed by atoms with van der Waals surface area (Å²) in [5.41, 5.74) is 0.492. The molecule has 0 heterocycles. The fraction of sp³-hybridized carbons (Fsp3) is 0.917. The van der Waals surface area contributed by atoms with Crippen molar-refractivity contribution in [1.82, 2.24) is 0 Å². The van der Waals surface area contributed by atoms with Gasteiger partial charge in [0.05, 0.1) is 0 Å². The van der Waals surface area contributed by atoms with Crippen molar-refractivity contribution in [2.45, 2.75) is 52.4 Å². The third kappa shape index (κ3) is 1.43. The molecule has 13 heavy (non-hydrogen) atoms. The molecular weight excluding hydrogens is 160 g/mol. The van der Waals surface area contributed by atoms with Gasteiger partial charge in [-0.05, 0) is 30.1 Å². The van der Waals surface area contributed by atoms with E-state index in [-0.39, 0.29) is 0 Å². The van der Waals surface area contributed by atoms with Gasteiger partial charge in [0, 0.05) is 12.8 Å². The molecule has 0 saturated heterocycles. The summed E-state index contributed by atoms with van der Waals surface area (Å²) in [6.45, 7) is 4.79. The third-order valence-electron chi connectivity index (χ3n) is 4.66. The highest BCUT2D eigenvalue weighted by atomic mass is 16.1. The Morgan fingerprint density at radius 1 is 1.38 bits per heavy atom. The maximum Gasteiger partial charge on any atom is 0.133 e. The van der Waals surface area contributed by atoms with Gasteiger partial charge in [-0.15, -0.1) is 0 Å². The fourth-order valence-corrected chi connectivity index (χ4v) is 3.30. The zero-order valence-electron chi connectivity index (χ0n) is 8.81. The number of carbonyl (C=O) groups is 1. The molecule has 0 amide bonds. The van der Waals surface area contributed by atoms with Crippen LogP contribution in [-0.2, 0) is 4.79 Å². The first-order valence-corrected chi connectivity index (χ1v) is 5.64. The van der Waals surface area contributed by atoms with Crippen LogP contribution < -0.4 is 0 Å². The highest BCUT2D eigenvalue weighted by Crippen LogP contribution is 2.52. The molecule has 3 atom stereocenters. The van der Waals surface area contributed by atoms with Gasteiger partial charge in [-0.2, -0.15) is 0 Å². The summed E-state index contributed by atoms with van der Waals surface area (Å²) in [6.07, 6.45) is 6.89. The summed E-state index contributed by atoms with van der Waals surface area (Å²) in [4.78, 5) is 11.4. The maximum absolute atomic E-state index is 11.4. The minimum atomic E-state index is 0.492. The van der Waals surface area contributed by atoms with Gasteiger partial charge < -0.3 is 0 Å². The van der Waals surface area contributed by atoms with Crippen molar-refractivity contribution in [3.63, 3.8) is 0 Å². The van der Waals surface area contributed by atoms with Gasteiger partial charge in [0.25, 0.3) is 0 Å². The largest absolute Gasteiger partial charge is 0.300 e. The quantitative estimate of drug-likeness (QED) is 0.559. The van der Waals surface area contributed by atoms with Crippen LogP contribution in [0.1, 0.15) is 52.4 Å². The van der Waals surface area contributed by atoms with Crippen molar-refractivity contribution in [1.29, 1.82) is 0 Å². The zero-order valence-corrected chi connectivity index (χ0v) is 8.81. The minimum absolute atomic E-state index is 0.492. The summed E-state index contributed by atoms with van der Waals surface area (Å²) in [5, 5.41) is 0. The Kier molecular flexibility index (Phi) is 2.21. The van der Waals surface area contributed by atoms with E-state index in [1.807, 2.05) is 0 Å². The highest BCUT2D eigenvalue weighted by molar-refractivity contribution is 5.79. The van der Waals surface area contributed by atoms with Crippen LogP contribution >= 0.6 is 0 Å². The predicted molar refractivity (Wildman–Crippen MR) is 53.5 cm³/mol. The number of rotatable bonds is 0. The number of hydrogen-bond donors (Lipinski definition) is 0. The molecule has 0 aromatic heterocycles. The molecule has 0 radical (unpaired) electrons. The first kappa shape index (κ1) is 9.23. The second-order valence-electron chi connectivity index (χ2n) is 5.28. The first-order chi connectivity index (χ1) is 6.13. The lowest BCUT2D eigenvalue weighted by atomic mass is 9.56. The third-order valence-corrected chi connectivity index (χ3v) is 4.66. The Morgan fingerprint density at radius 3 is 2.92 bits per heavy atom. The second kappa shape index (κ2) is 3.11. The van der Waals surface area contributed by atoms with Gasteiger partial charge in [-0.25, -0.2) is 0 Å². The van der Waals surface area contributed by atoms with Crippen LogP contribution in [0.3, 0.4) is 0 Å². The van der Waals surface area contributed by atoms with Crippen molar-refractivity contribution in [3.8, 4) is 0 Å². The van der Waals surface area contributed by atoms with Crippen molar-refractivity contribution < 1.29 is 4.79 Å². The minimum Gasteiger partial charge on any atom is -0.300 e. The Morgan fingerprint density at radius 2 is 2.15 bits per heavy atom. The average Bonchev–Trinajstić information content (AvgIpc) is 2.09. The summed E-state index contributed by atoms with van der Waals surface area (Å²) < 4.78 is 0. The van der Waals surface area contributed by atoms with Crippen LogP contribution in [-0.4, -0.2) is 5.78 Å². The molecule has 0 spiro atoms.